The molecule has 0 radical (unpaired) electrons. The highest BCUT2D eigenvalue weighted by Crippen LogP contribution is 1.74. The van der Waals surface area contributed by atoms with Crippen LogP contribution in [0.15, 0.2) is 4.99 Å². The number of nitrogens with one attached hydrogen (secondary N) is 2. The zero-order valence-electron chi connectivity index (χ0n) is 5.44. The lowest BCUT2D eigenvalue weighted by atomic mass is 10.6. The van der Waals surface area contributed by atoms with Gasteiger partial charge in [-0.25, -0.2) is 5.43 Å². The van der Waals surface area contributed by atoms with E-state index in [4.69, 9.17) is 0 Å². The van der Waals surface area contributed by atoms with Crippen molar-refractivity contribution in [2.45, 2.75) is 20.0 Å². The Bertz CT molecular complexity index is 62.7. The Balaban J connectivity index is 2.98. The highest BCUT2D eigenvalue weighted by Gasteiger charge is 1.88. The number of rotatable bonds is 4. The minimum atomic E-state index is 0.106. The van der Waals surface area contributed by atoms with Crippen molar-refractivity contribution in [2.75, 3.05) is 6.54 Å². The molecule has 0 aromatic rings. The van der Waals surface area contributed by atoms with E-state index in [-0.39, 0.29) is 6.17 Å². The molecule has 0 aromatic carbocycles. The summed E-state index contributed by atoms with van der Waals surface area (Å²) in [5, 5.41) is 0. The van der Waals surface area contributed by atoms with E-state index < -0.39 is 0 Å². The number of aliphatic imine (C=N–C) groups is 1. The van der Waals surface area contributed by atoms with Crippen LogP contribution in [0.2, 0.25) is 0 Å². The average molecular weight is 115 g/mol. The number of hydrogen-bond donors (Lipinski definition) is 2. The average Bonchev–Trinajstić information content (AvgIpc) is 1.83. The third kappa shape index (κ3) is 3.77. The smallest absolute Gasteiger partial charge is 0.108 e. The van der Waals surface area contributed by atoms with Crippen LogP contribution in [0.3, 0.4) is 0 Å². The number of hydrogen-bond acceptors (Lipinski definition) is 3. The SMILES string of the molecule is C=NC(C)NNCC. The molecule has 0 saturated heterocycles. The van der Waals surface area contributed by atoms with Crippen LogP contribution in [0.4, 0.5) is 0 Å². The Morgan fingerprint density at radius 3 is 2.75 bits per heavy atom. The molecule has 0 heterocycles. The molecule has 2 N–H and O–H groups in total. The van der Waals surface area contributed by atoms with Crippen molar-refractivity contribution in [2.24, 2.45) is 4.99 Å². The highest BCUT2D eigenvalue weighted by atomic mass is 15.4. The lowest BCUT2D eigenvalue weighted by molar-refractivity contribution is 0.476. The van der Waals surface area contributed by atoms with Crippen LogP contribution in [0.5, 0.6) is 0 Å². The van der Waals surface area contributed by atoms with Gasteiger partial charge in [0.15, 0.2) is 0 Å². The van der Waals surface area contributed by atoms with Gasteiger partial charge in [0, 0.05) is 6.54 Å². The molecule has 1 unspecified atom stereocenters. The van der Waals surface area contributed by atoms with Gasteiger partial charge in [-0.05, 0) is 13.6 Å². The van der Waals surface area contributed by atoms with Crippen LogP contribution in [-0.4, -0.2) is 19.4 Å². The summed E-state index contributed by atoms with van der Waals surface area (Å²) < 4.78 is 0. The molecule has 0 amide bonds. The summed E-state index contributed by atoms with van der Waals surface area (Å²) >= 11 is 0. The number of nitrogens with zero attached hydrogens (tertiary/aromatic N) is 1. The van der Waals surface area contributed by atoms with E-state index in [1.54, 1.807) is 0 Å². The third-order valence-electron chi connectivity index (χ3n) is 0.762. The molecule has 0 fully saturated rings. The molecule has 0 aliphatic heterocycles. The predicted molar refractivity (Wildman–Crippen MR) is 35.8 cm³/mol. The zero-order chi connectivity index (χ0) is 6.41. The van der Waals surface area contributed by atoms with Crippen molar-refractivity contribution in [1.29, 1.82) is 0 Å². The Labute approximate surface area is 50.2 Å². The molecule has 3 heteroatoms. The second kappa shape index (κ2) is 4.74. The molecule has 1 atom stereocenters. The second-order valence-electron chi connectivity index (χ2n) is 1.53. The van der Waals surface area contributed by atoms with E-state index in [2.05, 4.69) is 22.6 Å². The topological polar surface area (TPSA) is 36.4 Å². The largest absolute Gasteiger partial charge is 0.281 e. The summed E-state index contributed by atoms with van der Waals surface area (Å²) in [6, 6.07) is 0. The summed E-state index contributed by atoms with van der Waals surface area (Å²) in [6.45, 7) is 8.21. The van der Waals surface area contributed by atoms with Crippen molar-refractivity contribution in [3.8, 4) is 0 Å². The fourth-order valence-corrected chi connectivity index (χ4v) is 0.295. The maximum atomic E-state index is 3.70. The highest BCUT2D eigenvalue weighted by molar-refractivity contribution is 5.23. The van der Waals surface area contributed by atoms with E-state index in [9.17, 15) is 0 Å². The van der Waals surface area contributed by atoms with Gasteiger partial charge in [-0.2, -0.15) is 0 Å². The Hall–Kier alpha value is -0.410. The zero-order valence-corrected chi connectivity index (χ0v) is 5.44. The van der Waals surface area contributed by atoms with Crippen LogP contribution in [-0.2, 0) is 0 Å². The van der Waals surface area contributed by atoms with Crippen LogP contribution < -0.4 is 10.9 Å². The normalized spacial score (nSPS) is 13.2. The van der Waals surface area contributed by atoms with Crippen LogP contribution >= 0.6 is 0 Å². The molecule has 3 nitrogen and oxygen atoms in total. The van der Waals surface area contributed by atoms with E-state index >= 15 is 0 Å². The van der Waals surface area contributed by atoms with Crippen molar-refractivity contribution in [3.63, 3.8) is 0 Å². The van der Waals surface area contributed by atoms with Crippen molar-refractivity contribution < 1.29 is 0 Å². The van der Waals surface area contributed by atoms with Gasteiger partial charge < -0.3 is 0 Å². The third-order valence-corrected chi connectivity index (χ3v) is 0.762. The Morgan fingerprint density at radius 1 is 1.75 bits per heavy atom. The van der Waals surface area contributed by atoms with Gasteiger partial charge in [-0.15, -0.1) is 0 Å². The van der Waals surface area contributed by atoms with Crippen molar-refractivity contribution in [3.05, 3.63) is 0 Å². The van der Waals surface area contributed by atoms with Gasteiger partial charge in [-0.1, -0.05) is 6.92 Å². The van der Waals surface area contributed by atoms with E-state index in [1.165, 1.54) is 0 Å². The molecule has 0 aliphatic rings. The van der Waals surface area contributed by atoms with Gasteiger partial charge in [0.05, 0.1) is 0 Å². The molecule has 0 rings (SSSR count). The monoisotopic (exact) mass is 115 g/mol. The molecule has 0 bridgehead atoms. The summed E-state index contributed by atoms with van der Waals surface area (Å²) in [6.07, 6.45) is 0.106. The first-order valence-corrected chi connectivity index (χ1v) is 2.75. The summed E-state index contributed by atoms with van der Waals surface area (Å²) in [5.41, 5.74) is 5.82. The first kappa shape index (κ1) is 7.59. The van der Waals surface area contributed by atoms with Gasteiger partial charge in [0.25, 0.3) is 0 Å². The van der Waals surface area contributed by atoms with Gasteiger partial charge in [0.1, 0.15) is 6.17 Å². The minimum absolute atomic E-state index is 0.106. The molecule has 0 aromatic heterocycles. The lowest BCUT2D eigenvalue weighted by Gasteiger charge is -2.06. The molecule has 0 saturated carbocycles. The molecule has 0 spiro atoms. The summed E-state index contributed by atoms with van der Waals surface area (Å²) in [4.78, 5) is 3.70. The first-order valence-electron chi connectivity index (χ1n) is 2.75. The fraction of sp³-hybridized carbons (Fsp3) is 0.800. The van der Waals surface area contributed by atoms with Crippen LogP contribution in [0, 0.1) is 0 Å². The molecule has 8 heavy (non-hydrogen) atoms. The summed E-state index contributed by atoms with van der Waals surface area (Å²) in [5.74, 6) is 0. The van der Waals surface area contributed by atoms with Gasteiger partial charge >= 0.3 is 0 Å². The minimum Gasteiger partial charge on any atom is -0.281 e. The van der Waals surface area contributed by atoms with Crippen molar-refractivity contribution in [1.82, 2.24) is 10.9 Å². The van der Waals surface area contributed by atoms with Gasteiger partial charge in [-0.3, -0.25) is 10.4 Å². The van der Waals surface area contributed by atoms with Gasteiger partial charge in [0.2, 0.25) is 0 Å². The Kier molecular flexibility index (Phi) is 4.50. The lowest BCUT2D eigenvalue weighted by Crippen LogP contribution is -2.37. The maximum Gasteiger partial charge on any atom is 0.108 e. The van der Waals surface area contributed by atoms with E-state index in [1.807, 2.05) is 13.8 Å². The summed E-state index contributed by atoms with van der Waals surface area (Å²) in [7, 11) is 0. The first-order chi connectivity index (χ1) is 3.81. The fourth-order valence-electron chi connectivity index (χ4n) is 0.295. The predicted octanol–water partition coefficient (Wildman–Crippen LogP) is 0.147. The maximum absolute atomic E-state index is 3.70. The molecular formula is C5H13N3. The number of hydrazine groups is 1. The second-order valence-corrected chi connectivity index (χ2v) is 1.53. The van der Waals surface area contributed by atoms with Crippen molar-refractivity contribution >= 4 is 6.72 Å². The van der Waals surface area contributed by atoms with E-state index in [0.717, 1.165) is 6.54 Å². The molecule has 0 aliphatic carbocycles. The van der Waals surface area contributed by atoms with Crippen LogP contribution in [0.1, 0.15) is 13.8 Å². The Morgan fingerprint density at radius 2 is 2.38 bits per heavy atom. The molecule has 48 valence electrons. The van der Waals surface area contributed by atoms with Crippen LogP contribution in [0.25, 0.3) is 0 Å². The molecular weight excluding hydrogens is 102 g/mol. The quantitative estimate of drug-likeness (QED) is 0.404. The van der Waals surface area contributed by atoms with E-state index in [0.29, 0.717) is 0 Å². The standard InChI is InChI=1S/C5H13N3/c1-4-7-8-5(2)6-3/h5,7-8H,3-4H2,1-2H3.